The van der Waals surface area contributed by atoms with Crippen LogP contribution in [0.1, 0.15) is 13.8 Å². The molecule has 0 spiro atoms. The van der Waals surface area contributed by atoms with Crippen molar-refractivity contribution >= 4 is 17.6 Å². The second-order valence-corrected chi connectivity index (χ2v) is 4.09. The van der Waals surface area contributed by atoms with E-state index in [1.807, 2.05) is 13.1 Å². The van der Waals surface area contributed by atoms with Gasteiger partial charge in [0.25, 0.3) is 0 Å². The number of hydrogen-bond donors (Lipinski definition) is 0. The summed E-state index contributed by atoms with van der Waals surface area (Å²) in [5, 5.41) is 1.28. The Labute approximate surface area is 76.2 Å². The highest BCUT2D eigenvalue weighted by molar-refractivity contribution is 8.03. The van der Waals surface area contributed by atoms with Crippen LogP contribution in [-0.4, -0.2) is 7.05 Å². The Morgan fingerprint density at radius 1 is 1.50 bits per heavy atom. The second-order valence-electron chi connectivity index (χ2n) is 3.06. The molecule has 0 aliphatic carbocycles. The second kappa shape index (κ2) is 2.59. The zero-order chi connectivity index (χ0) is 8.72. The molecular weight excluding hydrogens is 170 g/mol. The highest BCUT2D eigenvalue weighted by Gasteiger charge is 2.25. The molecule has 0 radical (unpaired) electrons. The average Bonchev–Trinajstić information content (AvgIpc) is 2.53. The third-order valence-corrected chi connectivity index (χ3v) is 3.26. The van der Waals surface area contributed by atoms with Gasteiger partial charge in [-0.1, -0.05) is 11.8 Å². The molecule has 2 rings (SSSR count). The lowest BCUT2D eigenvalue weighted by molar-refractivity contribution is 0.565. The molecule has 0 amide bonds. The number of fused-ring (bicyclic) bond motifs is 1. The van der Waals surface area contributed by atoms with Crippen LogP contribution in [-0.2, 0) is 0 Å². The molecule has 2 nitrogen and oxygen atoms in total. The highest BCUT2D eigenvalue weighted by atomic mass is 32.2. The first-order valence-electron chi connectivity index (χ1n) is 3.86. The van der Waals surface area contributed by atoms with Crippen molar-refractivity contribution in [2.24, 2.45) is 0 Å². The van der Waals surface area contributed by atoms with Crippen LogP contribution in [0, 0.1) is 0 Å². The van der Waals surface area contributed by atoms with Crippen molar-refractivity contribution in [2.45, 2.75) is 18.7 Å². The summed E-state index contributed by atoms with van der Waals surface area (Å²) in [6.45, 7) is 4.23. The minimum Gasteiger partial charge on any atom is -0.447 e. The Morgan fingerprint density at radius 2 is 2.25 bits per heavy atom. The van der Waals surface area contributed by atoms with Gasteiger partial charge in [-0.15, -0.1) is 0 Å². The summed E-state index contributed by atoms with van der Waals surface area (Å²) in [4.78, 5) is 3.31. The fourth-order valence-electron chi connectivity index (χ4n) is 1.31. The number of hydrogen-bond acceptors (Lipinski definition) is 3. The van der Waals surface area contributed by atoms with E-state index < -0.39 is 0 Å². The van der Waals surface area contributed by atoms with Crippen LogP contribution in [0.2, 0.25) is 0 Å². The summed E-state index contributed by atoms with van der Waals surface area (Å²) in [6.07, 6.45) is 1.73. The van der Waals surface area contributed by atoms with Gasteiger partial charge in [0.15, 0.2) is 0 Å². The monoisotopic (exact) mass is 181 g/mol. The zero-order valence-electron chi connectivity index (χ0n) is 7.42. The van der Waals surface area contributed by atoms with E-state index in [1.165, 1.54) is 15.5 Å². The first-order valence-corrected chi connectivity index (χ1v) is 4.68. The van der Waals surface area contributed by atoms with Crippen LogP contribution in [0.15, 0.2) is 32.2 Å². The average molecular weight is 181 g/mol. The first-order chi connectivity index (χ1) is 5.70. The lowest BCUT2D eigenvalue weighted by Crippen LogP contribution is -2.09. The third kappa shape index (κ3) is 0.966. The fourth-order valence-corrected chi connectivity index (χ4v) is 2.34. The van der Waals surface area contributed by atoms with Crippen molar-refractivity contribution in [2.75, 3.05) is 11.9 Å². The molecule has 0 saturated heterocycles. The fraction of sp³-hybridized carbons (Fsp3) is 0.333. The Bertz CT molecular complexity index is 336. The molecule has 1 aromatic rings. The van der Waals surface area contributed by atoms with Gasteiger partial charge < -0.3 is 9.32 Å². The van der Waals surface area contributed by atoms with Gasteiger partial charge in [0, 0.05) is 7.05 Å². The topological polar surface area (TPSA) is 16.4 Å². The van der Waals surface area contributed by atoms with Crippen LogP contribution < -0.4 is 4.90 Å². The maximum absolute atomic E-state index is 5.34. The van der Waals surface area contributed by atoms with Crippen LogP contribution in [0.25, 0.3) is 0 Å². The molecule has 64 valence electrons. The van der Waals surface area contributed by atoms with Gasteiger partial charge in [0.1, 0.15) is 0 Å². The highest BCUT2D eigenvalue weighted by Crippen LogP contribution is 2.46. The standard InChI is InChI=1S/C9H11NOS/c1-6(2)9-10(3)8-7(12-9)4-5-11-8/h4-5H,1-3H3. The third-order valence-electron chi connectivity index (χ3n) is 1.85. The zero-order valence-corrected chi connectivity index (χ0v) is 8.23. The molecule has 3 heteroatoms. The molecule has 1 aliphatic heterocycles. The van der Waals surface area contributed by atoms with Crippen molar-refractivity contribution in [3.63, 3.8) is 0 Å². The first kappa shape index (κ1) is 7.80. The van der Waals surface area contributed by atoms with Crippen LogP contribution in [0.4, 0.5) is 5.88 Å². The molecule has 0 atom stereocenters. The van der Waals surface area contributed by atoms with Crippen molar-refractivity contribution in [1.29, 1.82) is 0 Å². The molecule has 0 bridgehead atoms. The van der Waals surface area contributed by atoms with Gasteiger partial charge in [0.05, 0.1) is 16.2 Å². The van der Waals surface area contributed by atoms with E-state index in [-0.39, 0.29) is 0 Å². The summed E-state index contributed by atoms with van der Waals surface area (Å²) in [5.41, 5.74) is 1.33. The normalized spacial score (nSPS) is 15.2. The van der Waals surface area contributed by atoms with Crippen LogP contribution in [0.3, 0.4) is 0 Å². The van der Waals surface area contributed by atoms with E-state index in [1.54, 1.807) is 18.0 Å². The quantitative estimate of drug-likeness (QED) is 0.612. The number of thioether (sulfide) groups is 1. The largest absolute Gasteiger partial charge is 0.447 e. The molecule has 0 unspecified atom stereocenters. The smallest absolute Gasteiger partial charge is 0.213 e. The molecule has 1 aliphatic rings. The molecule has 2 heterocycles. The van der Waals surface area contributed by atoms with Gasteiger partial charge in [-0.05, 0) is 25.5 Å². The molecule has 0 saturated carbocycles. The van der Waals surface area contributed by atoms with Gasteiger partial charge in [-0.25, -0.2) is 0 Å². The van der Waals surface area contributed by atoms with E-state index in [9.17, 15) is 0 Å². The van der Waals surface area contributed by atoms with Gasteiger partial charge in [0.2, 0.25) is 5.88 Å². The Kier molecular flexibility index (Phi) is 1.68. The van der Waals surface area contributed by atoms with Gasteiger partial charge in [-0.3, -0.25) is 0 Å². The van der Waals surface area contributed by atoms with Crippen molar-refractivity contribution < 1.29 is 4.42 Å². The van der Waals surface area contributed by atoms with E-state index >= 15 is 0 Å². The minimum atomic E-state index is 0.969. The van der Waals surface area contributed by atoms with Crippen molar-refractivity contribution in [3.8, 4) is 0 Å². The number of furan rings is 1. The van der Waals surface area contributed by atoms with Crippen molar-refractivity contribution in [3.05, 3.63) is 22.9 Å². The maximum Gasteiger partial charge on any atom is 0.213 e. The summed E-state index contributed by atoms with van der Waals surface area (Å²) in [6, 6.07) is 2.01. The van der Waals surface area contributed by atoms with Crippen LogP contribution >= 0.6 is 11.8 Å². The van der Waals surface area contributed by atoms with E-state index in [0.717, 1.165) is 5.88 Å². The van der Waals surface area contributed by atoms with Crippen molar-refractivity contribution in [1.82, 2.24) is 0 Å². The number of allylic oxidation sites excluding steroid dienone is 1. The van der Waals surface area contributed by atoms with Gasteiger partial charge in [-0.2, -0.15) is 0 Å². The molecule has 0 N–H and O–H groups in total. The number of nitrogens with zero attached hydrogens (tertiary/aromatic N) is 1. The predicted octanol–water partition coefficient (Wildman–Crippen LogP) is 3.07. The Balaban J connectivity index is 2.46. The maximum atomic E-state index is 5.34. The lowest BCUT2D eigenvalue weighted by Gasteiger charge is -2.12. The molecule has 0 aromatic carbocycles. The Morgan fingerprint density at radius 3 is 2.83 bits per heavy atom. The predicted molar refractivity (Wildman–Crippen MR) is 51.3 cm³/mol. The summed E-state index contributed by atoms with van der Waals surface area (Å²) in [7, 11) is 2.03. The van der Waals surface area contributed by atoms with E-state index in [0.29, 0.717) is 0 Å². The SMILES string of the molecule is CC(C)=C1Sc2ccoc2N1C. The summed E-state index contributed by atoms with van der Waals surface area (Å²) >= 11 is 1.77. The Hall–Kier alpha value is -0.830. The molecule has 0 fully saturated rings. The lowest BCUT2D eigenvalue weighted by atomic mass is 10.4. The minimum absolute atomic E-state index is 0.969. The van der Waals surface area contributed by atoms with E-state index in [4.69, 9.17) is 4.42 Å². The van der Waals surface area contributed by atoms with E-state index in [2.05, 4.69) is 18.7 Å². The number of rotatable bonds is 0. The molecular formula is C9H11NOS. The van der Waals surface area contributed by atoms with Crippen LogP contribution in [0.5, 0.6) is 0 Å². The van der Waals surface area contributed by atoms with Gasteiger partial charge >= 0.3 is 0 Å². The molecule has 1 aromatic heterocycles. The summed E-state index contributed by atoms with van der Waals surface area (Å²) < 4.78 is 5.34. The number of anilines is 1. The molecule has 12 heavy (non-hydrogen) atoms. The summed E-state index contributed by atoms with van der Waals surface area (Å²) in [5.74, 6) is 0.969.